The van der Waals surface area contributed by atoms with E-state index in [9.17, 15) is 0 Å². The lowest BCUT2D eigenvalue weighted by Crippen LogP contribution is -2.05. The number of hydrogen-bond acceptors (Lipinski definition) is 0. The monoisotopic (exact) mass is 179 g/mol. The summed E-state index contributed by atoms with van der Waals surface area (Å²) in [6.07, 6.45) is 3.57. The van der Waals surface area contributed by atoms with Crippen molar-refractivity contribution in [3.63, 3.8) is 0 Å². The average molecular weight is 180 g/mol. The molecular weight excluding hydrogens is 168 g/mol. The van der Waals surface area contributed by atoms with Gasteiger partial charge in [0.2, 0.25) is 0 Å². The third-order valence-electron chi connectivity index (χ3n) is 2.43. The molecule has 1 aliphatic rings. The van der Waals surface area contributed by atoms with E-state index in [2.05, 4.69) is 24.3 Å². The molecule has 1 fully saturated rings. The van der Waals surface area contributed by atoms with E-state index in [4.69, 9.17) is 11.6 Å². The SMILES string of the molecule is ClC1CCC[C]1c1ccccc1. The minimum Gasteiger partial charge on any atom is -0.122 e. The molecule has 1 aliphatic carbocycles. The first-order valence-electron chi connectivity index (χ1n) is 4.43. The number of halogens is 1. The van der Waals surface area contributed by atoms with Gasteiger partial charge in [0.05, 0.1) is 0 Å². The minimum absolute atomic E-state index is 0.285. The van der Waals surface area contributed by atoms with Crippen LogP contribution in [0.3, 0.4) is 0 Å². The lowest BCUT2D eigenvalue weighted by Gasteiger charge is -2.12. The highest BCUT2D eigenvalue weighted by Gasteiger charge is 2.26. The largest absolute Gasteiger partial charge is 0.122 e. The summed E-state index contributed by atoms with van der Waals surface area (Å²) in [5.74, 6) is 1.43. The van der Waals surface area contributed by atoms with Gasteiger partial charge in [-0.3, -0.25) is 0 Å². The Kier molecular flexibility index (Phi) is 2.36. The maximum atomic E-state index is 6.18. The van der Waals surface area contributed by atoms with E-state index in [0.29, 0.717) is 0 Å². The van der Waals surface area contributed by atoms with Gasteiger partial charge in [0.15, 0.2) is 0 Å². The van der Waals surface area contributed by atoms with Crippen molar-refractivity contribution in [3.05, 3.63) is 41.8 Å². The van der Waals surface area contributed by atoms with Crippen molar-refractivity contribution in [3.8, 4) is 0 Å². The summed E-state index contributed by atoms with van der Waals surface area (Å²) >= 11 is 6.18. The summed E-state index contributed by atoms with van der Waals surface area (Å²) in [5.41, 5.74) is 1.33. The molecule has 1 heteroatoms. The van der Waals surface area contributed by atoms with Crippen LogP contribution >= 0.6 is 11.6 Å². The fraction of sp³-hybridized carbons (Fsp3) is 0.364. The Hall–Kier alpha value is -0.490. The number of alkyl halides is 1. The molecule has 0 saturated heterocycles. The lowest BCUT2D eigenvalue weighted by atomic mass is 9.98. The zero-order chi connectivity index (χ0) is 8.39. The lowest BCUT2D eigenvalue weighted by molar-refractivity contribution is 0.889. The molecule has 1 unspecified atom stereocenters. The Morgan fingerprint density at radius 2 is 1.92 bits per heavy atom. The summed E-state index contributed by atoms with van der Waals surface area (Å²) in [7, 11) is 0. The van der Waals surface area contributed by atoms with Crippen LogP contribution in [0.15, 0.2) is 30.3 Å². The first-order chi connectivity index (χ1) is 5.88. The van der Waals surface area contributed by atoms with E-state index < -0.39 is 0 Å². The molecule has 63 valence electrons. The van der Waals surface area contributed by atoms with E-state index >= 15 is 0 Å². The number of benzene rings is 1. The first-order valence-corrected chi connectivity index (χ1v) is 4.87. The molecule has 0 aliphatic heterocycles. The Labute approximate surface area is 78.6 Å². The molecule has 0 spiro atoms. The van der Waals surface area contributed by atoms with Crippen LogP contribution in [-0.4, -0.2) is 5.38 Å². The molecule has 0 bridgehead atoms. The highest BCUT2D eigenvalue weighted by atomic mass is 35.5. The summed E-state index contributed by atoms with van der Waals surface area (Å²) < 4.78 is 0. The smallest absolute Gasteiger partial charge is 0.0441 e. The van der Waals surface area contributed by atoms with Crippen LogP contribution in [0.25, 0.3) is 0 Å². The van der Waals surface area contributed by atoms with E-state index in [1.165, 1.54) is 24.3 Å². The van der Waals surface area contributed by atoms with Crippen molar-refractivity contribution < 1.29 is 0 Å². The van der Waals surface area contributed by atoms with Crippen molar-refractivity contribution >= 4 is 11.6 Å². The molecule has 1 saturated carbocycles. The van der Waals surface area contributed by atoms with E-state index in [-0.39, 0.29) is 5.38 Å². The van der Waals surface area contributed by atoms with Crippen molar-refractivity contribution in [2.75, 3.05) is 0 Å². The minimum atomic E-state index is 0.285. The van der Waals surface area contributed by atoms with E-state index in [1.54, 1.807) is 0 Å². The number of hydrogen-bond donors (Lipinski definition) is 0. The molecule has 1 aromatic carbocycles. The Morgan fingerprint density at radius 1 is 1.17 bits per heavy atom. The molecule has 0 N–H and O–H groups in total. The fourth-order valence-corrected chi connectivity index (χ4v) is 2.17. The van der Waals surface area contributed by atoms with Gasteiger partial charge < -0.3 is 0 Å². The van der Waals surface area contributed by atoms with Crippen LogP contribution in [0.4, 0.5) is 0 Å². The van der Waals surface area contributed by atoms with Gasteiger partial charge in [0.1, 0.15) is 0 Å². The highest BCUT2D eigenvalue weighted by Crippen LogP contribution is 2.36. The van der Waals surface area contributed by atoms with Crippen molar-refractivity contribution in [1.82, 2.24) is 0 Å². The van der Waals surface area contributed by atoms with Gasteiger partial charge in [0, 0.05) is 11.3 Å². The molecule has 0 amide bonds. The molecular formula is C11H12Cl. The Morgan fingerprint density at radius 3 is 2.50 bits per heavy atom. The predicted molar refractivity (Wildman–Crippen MR) is 52.3 cm³/mol. The van der Waals surface area contributed by atoms with Gasteiger partial charge in [-0.15, -0.1) is 11.6 Å². The summed E-state index contributed by atoms with van der Waals surface area (Å²) in [6.45, 7) is 0. The average Bonchev–Trinajstić information content (AvgIpc) is 2.53. The fourth-order valence-electron chi connectivity index (χ4n) is 1.78. The van der Waals surface area contributed by atoms with Crippen LogP contribution in [0.5, 0.6) is 0 Å². The van der Waals surface area contributed by atoms with Crippen LogP contribution in [-0.2, 0) is 0 Å². The van der Waals surface area contributed by atoms with Gasteiger partial charge in [0.25, 0.3) is 0 Å². The molecule has 1 atom stereocenters. The standard InChI is InChI=1S/C11H12Cl/c12-11-8-4-7-10(11)9-5-2-1-3-6-9/h1-3,5-6,11H,4,7-8H2. The molecule has 0 nitrogen and oxygen atoms in total. The van der Waals surface area contributed by atoms with Gasteiger partial charge in [-0.2, -0.15) is 0 Å². The predicted octanol–water partition coefficient (Wildman–Crippen LogP) is 3.40. The maximum absolute atomic E-state index is 6.18. The number of rotatable bonds is 1. The van der Waals surface area contributed by atoms with Gasteiger partial charge >= 0.3 is 0 Å². The molecule has 1 aromatic rings. The summed E-state index contributed by atoms with van der Waals surface area (Å²) in [4.78, 5) is 0. The third-order valence-corrected chi connectivity index (χ3v) is 2.91. The van der Waals surface area contributed by atoms with Crippen LogP contribution < -0.4 is 0 Å². The zero-order valence-electron chi connectivity index (χ0n) is 6.96. The first kappa shape index (κ1) is 8.12. The van der Waals surface area contributed by atoms with Gasteiger partial charge in [-0.1, -0.05) is 36.8 Å². The second-order valence-electron chi connectivity index (χ2n) is 3.25. The topological polar surface area (TPSA) is 0 Å². The maximum Gasteiger partial charge on any atom is 0.0441 e. The molecule has 0 heterocycles. The van der Waals surface area contributed by atoms with E-state index in [1.807, 2.05) is 6.07 Å². The second-order valence-corrected chi connectivity index (χ2v) is 3.78. The van der Waals surface area contributed by atoms with Gasteiger partial charge in [-0.25, -0.2) is 0 Å². The van der Waals surface area contributed by atoms with E-state index in [0.717, 1.165) is 6.42 Å². The molecule has 1 radical (unpaired) electrons. The normalized spacial score (nSPS) is 24.6. The van der Waals surface area contributed by atoms with Crippen LogP contribution in [0.2, 0.25) is 0 Å². The summed E-state index contributed by atoms with van der Waals surface area (Å²) in [6, 6.07) is 10.5. The Bertz CT molecular complexity index is 242. The second kappa shape index (κ2) is 3.49. The molecule has 2 rings (SSSR count). The zero-order valence-corrected chi connectivity index (χ0v) is 7.72. The third kappa shape index (κ3) is 1.49. The van der Waals surface area contributed by atoms with Crippen LogP contribution in [0, 0.1) is 5.92 Å². The highest BCUT2D eigenvalue weighted by molar-refractivity contribution is 6.22. The molecule has 12 heavy (non-hydrogen) atoms. The van der Waals surface area contributed by atoms with Crippen molar-refractivity contribution in [2.24, 2.45) is 0 Å². The quantitative estimate of drug-likeness (QED) is 0.580. The van der Waals surface area contributed by atoms with Crippen molar-refractivity contribution in [2.45, 2.75) is 24.6 Å². The summed E-state index contributed by atoms with van der Waals surface area (Å²) in [5, 5.41) is 0.285. The van der Waals surface area contributed by atoms with Gasteiger partial charge in [-0.05, 0) is 18.4 Å². The molecule has 0 aromatic heterocycles. The van der Waals surface area contributed by atoms with Crippen molar-refractivity contribution in [1.29, 1.82) is 0 Å². The Balaban J connectivity index is 2.19. The van der Waals surface area contributed by atoms with Crippen LogP contribution in [0.1, 0.15) is 24.8 Å².